The quantitative estimate of drug-likeness (QED) is 0.622. The van der Waals surface area contributed by atoms with Gasteiger partial charge in [-0.3, -0.25) is 10.1 Å². The molecule has 2 N–H and O–H groups in total. The van der Waals surface area contributed by atoms with Gasteiger partial charge >= 0.3 is 0 Å². The molecule has 0 aliphatic heterocycles. The minimum Gasteiger partial charge on any atom is -0.388 e. The summed E-state index contributed by atoms with van der Waals surface area (Å²) < 4.78 is 27.3. The molecule has 0 radical (unpaired) electrons. The molecule has 2 aromatic carbocycles. The van der Waals surface area contributed by atoms with Crippen molar-refractivity contribution >= 4 is 15.7 Å². The van der Waals surface area contributed by atoms with Crippen molar-refractivity contribution in [2.75, 3.05) is 6.54 Å². The third-order valence-electron chi connectivity index (χ3n) is 4.44. The highest BCUT2D eigenvalue weighted by molar-refractivity contribution is 7.89. The first-order valence-corrected chi connectivity index (χ1v) is 9.31. The number of rotatable bonds is 5. The zero-order valence-electron chi connectivity index (χ0n) is 13.4. The third kappa shape index (κ3) is 3.71. The van der Waals surface area contributed by atoms with Crippen molar-refractivity contribution < 1.29 is 18.4 Å². The Morgan fingerprint density at radius 1 is 1.12 bits per heavy atom. The Morgan fingerprint density at radius 2 is 1.76 bits per heavy atom. The average Bonchev–Trinajstić information content (AvgIpc) is 2.60. The highest BCUT2D eigenvalue weighted by Crippen LogP contribution is 2.29. The number of aliphatic hydroxyl groups is 1. The van der Waals surface area contributed by atoms with Crippen LogP contribution in [0.5, 0.6) is 0 Å². The fraction of sp³-hybridized carbons (Fsp3) is 0.294. The number of nitro benzene ring substituents is 1. The van der Waals surface area contributed by atoms with E-state index in [0.29, 0.717) is 19.3 Å². The molecule has 0 bridgehead atoms. The lowest BCUT2D eigenvalue weighted by Crippen LogP contribution is -2.46. The Labute approximate surface area is 145 Å². The van der Waals surface area contributed by atoms with E-state index in [-0.39, 0.29) is 6.54 Å². The van der Waals surface area contributed by atoms with E-state index in [2.05, 4.69) is 4.72 Å². The molecule has 1 unspecified atom stereocenters. The molecule has 1 aliphatic rings. The molecule has 25 heavy (non-hydrogen) atoms. The number of hydrogen-bond donors (Lipinski definition) is 2. The van der Waals surface area contributed by atoms with Crippen LogP contribution in [0, 0.1) is 10.1 Å². The van der Waals surface area contributed by atoms with Crippen molar-refractivity contribution in [2.45, 2.75) is 29.8 Å². The number of sulfonamides is 1. The smallest absolute Gasteiger partial charge is 0.289 e. The summed E-state index contributed by atoms with van der Waals surface area (Å²) in [6, 6.07) is 12.9. The minimum atomic E-state index is -4.10. The lowest BCUT2D eigenvalue weighted by atomic mass is 9.80. The van der Waals surface area contributed by atoms with Crippen molar-refractivity contribution in [3.8, 4) is 0 Å². The lowest BCUT2D eigenvalue weighted by molar-refractivity contribution is -0.387. The van der Waals surface area contributed by atoms with Crippen LogP contribution in [0.15, 0.2) is 53.4 Å². The Morgan fingerprint density at radius 3 is 2.48 bits per heavy atom. The fourth-order valence-electron chi connectivity index (χ4n) is 3.08. The molecule has 132 valence electrons. The highest BCUT2D eigenvalue weighted by Gasteiger charge is 2.34. The van der Waals surface area contributed by atoms with E-state index < -0.39 is 31.1 Å². The van der Waals surface area contributed by atoms with E-state index in [0.717, 1.165) is 17.2 Å². The number of hydrogen-bond acceptors (Lipinski definition) is 5. The summed E-state index contributed by atoms with van der Waals surface area (Å²) in [5.74, 6) is 0. The molecule has 0 aromatic heterocycles. The molecule has 7 nitrogen and oxygen atoms in total. The summed E-state index contributed by atoms with van der Waals surface area (Å²) in [6.07, 6.45) is 1.41. The van der Waals surface area contributed by atoms with Crippen LogP contribution >= 0.6 is 0 Å². The number of nitrogens with one attached hydrogen (secondary N) is 1. The van der Waals surface area contributed by atoms with Crippen molar-refractivity contribution in [3.05, 3.63) is 69.8 Å². The van der Waals surface area contributed by atoms with Crippen LogP contribution < -0.4 is 4.72 Å². The van der Waals surface area contributed by atoms with Crippen LogP contribution in [0.1, 0.15) is 17.5 Å². The minimum absolute atomic E-state index is 0.199. The summed E-state index contributed by atoms with van der Waals surface area (Å²) >= 11 is 0. The molecule has 0 fully saturated rings. The molecular formula is C17H18N2O5S. The van der Waals surface area contributed by atoms with Gasteiger partial charge in [0.2, 0.25) is 10.0 Å². The largest absolute Gasteiger partial charge is 0.388 e. The Balaban J connectivity index is 1.78. The Kier molecular flexibility index (Phi) is 4.59. The first kappa shape index (κ1) is 17.5. The van der Waals surface area contributed by atoms with Gasteiger partial charge in [-0.1, -0.05) is 36.4 Å². The third-order valence-corrected chi connectivity index (χ3v) is 5.89. The predicted molar refractivity (Wildman–Crippen MR) is 91.7 cm³/mol. The maximum atomic E-state index is 12.5. The van der Waals surface area contributed by atoms with Crippen LogP contribution in [-0.4, -0.2) is 30.6 Å². The van der Waals surface area contributed by atoms with Gasteiger partial charge < -0.3 is 5.11 Å². The fourth-order valence-corrected chi connectivity index (χ4v) is 4.37. The van der Waals surface area contributed by atoms with Gasteiger partial charge in [-0.15, -0.1) is 0 Å². The van der Waals surface area contributed by atoms with Crippen LogP contribution in [0.4, 0.5) is 5.69 Å². The maximum Gasteiger partial charge on any atom is 0.289 e. The van der Waals surface area contributed by atoms with E-state index >= 15 is 0 Å². The van der Waals surface area contributed by atoms with Gasteiger partial charge in [0.1, 0.15) is 0 Å². The second-order valence-corrected chi connectivity index (χ2v) is 7.95. The normalized spacial score (nSPS) is 20.0. The van der Waals surface area contributed by atoms with Gasteiger partial charge in [0.15, 0.2) is 4.90 Å². The number of fused-ring (bicyclic) bond motifs is 1. The standard InChI is InChI=1S/C17H18N2O5S/c20-17(10-9-13-5-1-2-6-14(13)11-17)12-18-25(23,24)16-8-4-3-7-15(16)19(21)22/h1-8,18,20H,9-12H2. The molecule has 3 rings (SSSR count). The summed E-state index contributed by atoms with van der Waals surface area (Å²) in [5.41, 5.74) is 0.427. The number of aryl methyl sites for hydroxylation is 1. The second-order valence-electron chi connectivity index (χ2n) is 6.22. The number of nitrogens with zero attached hydrogens (tertiary/aromatic N) is 1. The molecule has 1 atom stereocenters. The van der Waals surface area contributed by atoms with Gasteiger partial charge in [-0.05, 0) is 30.0 Å². The Hall–Kier alpha value is -2.29. The van der Waals surface area contributed by atoms with E-state index in [4.69, 9.17) is 0 Å². The molecule has 2 aromatic rings. The SMILES string of the molecule is O=[N+]([O-])c1ccccc1S(=O)(=O)NCC1(O)CCc2ccccc2C1. The first-order valence-electron chi connectivity index (χ1n) is 7.83. The van der Waals surface area contributed by atoms with Gasteiger partial charge in [-0.25, -0.2) is 13.1 Å². The van der Waals surface area contributed by atoms with Gasteiger partial charge in [0, 0.05) is 19.0 Å². The number of benzene rings is 2. The van der Waals surface area contributed by atoms with Crippen molar-refractivity contribution in [3.63, 3.8) is 0 Å². The predicted octanol–water partition coefficient (Wildman–Crippen LogP) is 1.79. The van der Waals surface area contributed by atoms with E-state index in [1.165, 1.54) is 18.2 Å². The molecule has 0 spiro atoms. The number of nitro groups is 1. The molecule has 0 saturated carbocycles. The number of para-hydroxylation sites is 1. The highest BCUT2D eigenvalue weighted by atomic mass is 32.2. The summed E-state index contributed by atoms with van der Waals surface area (Å²) in [7, 11) is -4.10. The van der Waals surface area contributed by atoms with Crippen molar-refractivity contribution in [1.29, 1.82) is 0 Å². The van der Waals surface area contributed by atoms with Crippen molar-refractivity contribution in [2.24, 2.45) is 0 Å². The van der Waals surface area contributed by atoms with Gasteiger partial charge in [0.25, 0.3) is 5.69 Å². The summed E-state index contributed by atoms with van der Waals surface area (Å²) in [4.78, 5) is 9.90. The van der Waals surface area contributed by atoms with E-state index in [1.54, 1.807) is 0 Å². The molecule has 1 aliphatic carbocycles. The van der Waals surface area contributed by atoms with Crippen LogP contribution in [0.25, 0.3) is 0 Å². The molecular weight excluding hydrogens is 344 g/mol. The zero-order valence-corrected chi connectivity index (χ0v) is 14.2. The van der Waals surface area contributed by atoms with E-state index in [9.17, 15) is 23.6 Å². The van der Waals surface area contributed by atoms with Gasteiger partial charge in [0.05, 0.1) is 10.5 Å². The molecule has 0 amide bonds. The summed E-state index contributed by atoms with van der Waals surface area (Å²) in [5, 5.41) is 21.8. The summed E-state index contributed by atoms with van der Waals surface area (Å²) in [6.45, 7) is -0.199. The zero-order chi connectivity index (χ0) is 18.1. The van der Waals surface area contributed by atoms with Crippen LogP contribution in [-0.2, 0) is 22.9 Å². The van der Waals surface area contributed by atoms with E-state index in [1.807, 2.05) is 24.3 Å². The Bertz CT molecular complexity index is 913. The molecule has 8 heteroatoms. The molecule has 0 heterocycles. The molecule has 0 saturated heterocycles. The van der Waals surface area contributed by atoms with Crippen LogP contribution in [0.3, 0.4) is 0 Å². The van der Waals surface area contributed by atoms with Crippen molar-refractivity contribution in [1.82, 2.24) is 4.72 Å². The maximum absolute atomic E-state index is 12.5. The van der Waals surface area contributed by atoms with Gasteiger partial charge in [-0.2, -0.15) is 0 Å². The monoisotopic (exact) mass is 362 g/mol. The van der Waals surface area contributed by atoms with Crippen LogP contribution in [0.2, 0.25) is 0 Å². The average molecular weight is 362 g/mol. The topological polar surface area (TPSA) is 110 Å². The lowest BCUT2D eigenvalue weighted by Gasteiger charge is -2.33. The first-order chi connectivity index (χ1) is 11.8. The second kappa shape index (κ2) is 6.55.